The number of benzene rings is 3. The number of fused-ring (bicyclic) bond motifs is 1. The summed E-state index contributed by atoms with van der Waals surface area (Å²) >= 11 is 0. The summed E-state index contributed by atoms with van der Waals surface area (Å²) in [6.07, 6.45) is -0.795. The van der Waals surface area contributed by atoms with Gasteiger partial charge in [-0.3, -0.25) is 0 Å². The second-order valence-corrected chi connectivity index (χ2v) is 8.78. The summed E-state index contributed by atoms with van der Waals surface area (Å²) in [4.78, 5) is 0.131. The van der Waals surface area contributed by atoms with E-state index in [1.807, 2.05) is 30.3 Å². The van der Waals surface area contributed by atoms with Crippen molar-refractivity contribution in [2.45, 2.75) is 30.0 Å². The summed E-state index contributed by atoms with van der Waals surface area (Å²) in [5.74, 6) is 0.0885. The van der Waals surface area contributed by atoms with Crippen molar-refractivity contribution in [1.82, 2.24) is 4.31 Å². The van der Waals surface area contributed by atoms with E-state index in [-0.39, 0.29) is 23.6 Å². The highest BCUT2D eigenvalue weighted by Gasteiger charge is 2.43. The lowest BCUT2D eigenvalue weighted by Gasteiger charge is -2.39. The Bertz CT molecular complexity index is 1080. The molecule has 2 atom stereocenters. The Morgan fingerprint density at radius 2 is 1.50 bits per heavy atom. The van der Waals surface area contributed by atoms with Gasteiger partial charge in [0.05, 0.1) is 17.0 Å². The fraction of sp³-hybridized carbons (Fsp3) is 0.182. The van der Waals surface area contributed by atoms with Gasteiger partial charge in [-0.2, -0.15) is 4.31 Å². The smallest absolute Gasteiger partial charge is 0.244 e. The molecule has 4 rings (SSSR count). The normalized spacial score (nSPS) is 21.2. The van der Waals surface area contributed by atoms with Gasteiger partial charge in [-0.1, -0.05) is 66.7 Å². The van der Waals surface area contributed by atoms with Crippen molar-refractivity contribution in [3.8, 4) is 5.75 Å². The lowest BCUT2D eigenvalue weighted by Crippen LogP contribution is -2.48. The minimum atomic E-state index is -3.80. The number of para-hydroxylation sites is 1. The SMILES string of the molecule is O=S1(=O)c2ccccc2[C@@H](O)[C@H](Cc2ccccc2O)N1Cc1ccccc1. The van der Waals surface area contributed by atoms with Crippen LogP contribution >= 0.6 is 0 Å². The number of hydrogen-bond donors (Lipinski definition) is 2. The molecule has 0 spiro atoms. The van der Waals surface area contributed by atoms with Crippen molar-refractivity contribution in [2.24, 2.45) is 0 Å². The summed E-state index contributed by atoms with van der Waals surface area (Å²) in [7, 11) is -3.80. The molecule has 28 heavy (non-hydrogen) atoms. The third kappa shape index (κ3) is 3.30. The maximum atomic E-state index is 13.4. The molecular weight excluding hydrogens is 374 g/mol. The molecule has 6 heteroatoms. The van der Waals surface area contributed by atoms with Crippen LogP contribution in [0.4, 0.5) is 0 Å². The van der Waals surface area contributed by atoms with Gasteiger partial charge in [-0.25, -0.2) is 8.42 Å². The first-order valence-corrected chi connectivity index (χ1v) is 10.5. The standard InChI is InChI=1S/C22H21NO4S/c24-20-12-6-4-10-17(20)14-19-22(25)18-11-5-7-13-21(18)28(26,27)23(19)15-16-8-2-1-3-9-16/h1-13,19,22,24-25H,14-15H2/t19-,22+/m0/s1. The fourth-order valence-electron chi connectivity index (χ4n) is 3.72. The first-order chi connectivity index (χ1) is 13.5. The molecule has 2 N–H and O–H groups in total. The molecule has 3 aromatic carbocycles. The highest BCUT2D eigenvalue weighted by Crippen LogP contribution is 2.39. The van der Waals surface area contributed by atoms with Gasteiger partial charge in [0.15, 0.2) is 0 Å². The maximum absolute atomic E-state index is 13.4. The molecular formula is C22H21NO4S. The summed E-state index contributed by atoms with van der Waals surface area (Å²) < 4.78 is 28.1. The summed E-state index contributed by atoms with van der Waals surface area (Å²) in [6.45, 7) is 0.146. The van der Waals surface area contributed by atoms with Crippen LogP contribution in [0.3, 0.4) is 0 Å². The Morgan fingerprint density at radius 3 is 2.25 bits per heavy atom. The van der Waals surface area contributed by atoms with Gasteiger partial charge in [0, 0.05) is 12.1 Å². The predicted molar refractivity (Wildman–Crippen MR) is 106 cm³/mol. The van der Waals surface area contributed by atoms with E-state index in [1.165, 1.54) is 10.4 Å². The van der Waals surface area contributed by atoms with Crippen molar-refractivity contribution in [2.75, 3.05) is 0 Å². The molecule has 1 aliphatic rings. The van der Waals surface area contributed by atoms with Crippen molar-refractivity contribution in [3.05, 3.63) is 95.6 Å². The van der Waals surface area contributed by atoms with Gasteiger partial charge in [0.25, 0.3) is 0 Å². The number of nitrogens with zero attached hydrogens (tertiary/aromatic N) is 1. The van der Waals surface area contributed by atoms with Crippen LogP contribution in [-0.2, 0) is 23.0 Å². The van der Waals surface area contributed by atoms with E-state index in [9.17, 15) is 18.6 Å². The van der Waals surface area contributed by atoms with Crippen LogP contribution in [0.15, 0.2) is 83.8 Å². The number of sulfonamides is 1. The van der Waals surface area contributed by atoms with Crippen LogP contribution in [0.25, 0.3) is 0 Å². The zero-order valence-electron chi connectivity index (χ0n) is 15.1. The largest absolute Gasteiger partial charge is 0.508 e. The van der Waals surface area contributed by atoms with E-state index in [4.69, 9.17) is 0 Å². The topological polar surface area (TPSA) is 77.8 Å². The highest BCUT2D eigenvalue weighted by atomic mass is 32.2. The molecule has 1 heterocycles. The second-order valence-electron chi connectivity index (χ2n) is 6.92. The average Bonchev–Trinajstić information content (AvgIpc) is 2.71. The predicted octanol–water partition coefficient (Wildman–Crippen LogP) is 3.24. The summed E-state index contributed by atoms with van der Waals surface area (Å²) in [5, 5.41) is 21.2. The number of hydrogen-bond acceptors (Lipinski definition) is 4. The molecule has 3 aromatic rings. The van der Waals surface area contributed by atoms with Crippen molar-refractivity contribution in [3.63, 3.8) is 0 Å². The molecule has 0 unspecified atom stereocenters. The molecule has 0 bridgehead atoms. The Hall–Kier alpha value is -2.67. The molecule has 0 saturated carbocycles. The fourth-order valence-corrected chi connectivity index (χ4v) is 5.57. The van der Waals surface area contributed by atoms with Gasteiger partial charge in [0.1, 0.15) is 5.75 Å². The van der Waals surface area contributed by atoms with E-state index in [1.54, 1.807) is 42.5 Å². The van der Waals surface area contributed by atoms with E-state index < -0.39 is 22.2 Å². The molecule has 0 amide bonds. The number of aromatic hydroxyl groups is 1. The molecule has 0 radical (unpaired) electrons. The van der Waals surface area contributed by atoms with Gasteiger partial charge >= 0.3 is 0 Å². The van der Waals surface area contributed by atoms with E-state index in [0.717, 1.165) is 5.56 Å². The second kappa shape index (κ2) is 7.39. The Kier molecular flexibility index (Phi) is 4.93. The minimum Gasteiger partial charge on any atom is -0.508 e. The molecule has 0 saturated heterocycles. The van der Waals surface area contributed by atoms with Crippen LogP contribution < -0.4 is 0 Å². The number of aliphatic hydroxyl groups is 1. The zero-order chi connectivity index (χ0) is 19.7. The van der Waals surface area contributed by atoms with E-state index in [0.29, 0.717) is 11.1 Å². The molecule has 144 valence electrons. The first kappa shape index (κ1) is 18.7. The van der Waals surface area contributed by atoms with Crippen molar-refractivity contribution >= 4 is 10.0 Å². The number of phenols is 1. The third-order valence-corrected chi connectivity index (χ3v) is 7.11. The number of rotatable bonds is 4. The Labute approximate surface area is 164 Å². The van der Waals surface area contributed by atoms with Crippen LogP contribution in [0.2, 0.25) is 0 Å². The quantitative estimate of drug-likeness (QED) is 0.711. The third-order valence-electron chi connectivity index (χ3n) is 5.16. The lowest BCUT2D eigenvalue weighted by molar-refractivity contribution is 0.0766. The molecule has 0 aromatic heterocycles. The van der Waals surface area contributed by atoms with Crippen LogP contribution in [0.5, 0.6) is 5.75 Å². The minimum absolute atomic E-state index is 0.0885. The average molecular weight is 395 g/mol. The summed E-state index contributed by atoms with van der Waals surface area (Å²) in [6, 6.07) is 21.9. The first-order valence-electron chi connectivity index (χ1n) is 9.08. The molecule has 5 nitrogen and oxygen atoms in total. The van der Waals surface area contributed by atoms with Gasteiger partial charge in [-0.05, 0) is 29.7 Å². The molecule has 0 fully saturated rings. The number of phenolic OH excluding ortho intramolecular Hbond substituents is 1. The van der Waals surface area contributed by atoms with E-state index in [2.05, 4.69) is 0 Å². The van der Waals surface area contributed by atoms with Crippen LogP contribution in [0.1, 0.15) is 22.8 Å². The lowest BCUT2D eigenvalue weighted by atomic mass is 9.95. The van der Waals surface area contributed by atoms with Crippen molar-refractivity contribution < 1.29 is 18.6 Å². The van der Waals surface area contributed by atoms with Crippen LogP contribution in [-0.4, -0.2) is 29.0 Å². The highest BCUT2D eigenvalue weighted by molar-refractivity contribution is 7.89. The number of aliphatic hydroxyl groups excluding tert-OH is 1. The Balaban J connectivity index is 1.81. The zero-order valence-corrected chi connectivity index (χ0v) is 16.0. The van der Waals surface area contributed by atoms with Gasteiger partial charge in [0.2, 0.25) is 10.0 Å². The van der Waals surface area contributed by atoms with E-state index >= 15 is 0 Å². The monoisotopic (exact) mass is 395 g/mol. The molecule has 1 aliphatic heterocycles. The Morgan fingerprint density at radius 1 is 0.857 bits per heavy atom. The van der Waals surface area contributed by atoms with Gasteiger partial charge < -0.3 is 10.2 Å². The van der Waals surface area contributed by atoms with Crippen molar-refractivity contribution in [1.29, 1.82) is 0 Å². The summed E-state index contributed by atoms with van der Waals surface area (Å²) in [5.41, 5.74) is 1.83. The molecule has 0 aliphatic carbocycles. The van der Waals surface area contributed by atoms with Crippen LogP contribution in [0, 0.1) is 0 Å². The van der Waals surface area contributed by atoms with Gasteiger partial charge in [-0.15, -0.1) is 0 Å². The maximum Gasteiger partial charge on any atom is 0.244 e.